The molecule has 27 heavy (non-hydrogen) atoms. The maximum absolute atomic E-state index is 11.4. The summed E-state index contributed by atoms with van der Waals surface area (Å²) in [7, 11) is 0. The highest BCUT2D eigenvalue weighted by molar-refractivity contribution is 5.95. The first-order valence-corrected chi connectivity index (χ1v) is 9.24. The van der Waals surface area contributed by atoms with E-state index in [1.807, 2.05) is 15.6 Å². The maximum atomic E-state index is 11.4. The fraction of sp³-hybridized carbons (Fsp3) is 0.611. The molecule has 0 amide bonds. The summed E-state index contributed by atoms with van der Waals surface area (Å²) in [5.74, 6) is -1.95. The minimum Gasteiger partial charge on any atom is -0.478 e. The van der Waals surface area contributed by atoms with Gasteiger partial charge in [0.15, 0.2) is 0 Å². The van der Waals surface area contributed by atoms with Gasteiger partial charge in [0.1, 0.15) is 12.7 Å². The van der Waals surface area contributed by atoms with Gasteiger partial charge in [0, 0.05) is 50.6 Å². The molecule has 148 valence electrons. The summed E-state index contributed by atoms with van der Waals surface area (Å²) in [5, 5.41) is 22.6. The third kappa shape index (κ3) is 5.30. The van der Waals surface area contributed by atoms with Crippen molar-refractivity contribution in [2.24, 2.45) is 0 Å². The zero-order chi connectivity index (χ0) is 19.2. The maximum Gasteiger partial charge on any atom is 0.334 e. The molecule has 9 nitrogen and oxygen atoms in total. The van der Waals surface area contributed by atoms with Gasteiger partial charge in [0.05, 0.1) is 5.57 Å². The Bertz CT molecular complexity index is 690. The molecule has 0 aliphatic carbocycles. The summed E-state index contributed by atoms with van der Waals surface area (Å²) < 4.78 is 13.3. The van der Waals surface area contributed by atoms with E-state index in [-0.39, 0.29) is 5.57 Å². The monoisotopic (exact) mass is 379 g/mol. The highest BCUT2D eigenvalue weighted by atomic mass is 16.5. The Morgan fingerprint density at radius 2 is 2.15 bits per heavy atom. The van der Waals surface area contributed by atoms with Crippen LogP contribution in [0.4, 0.5) is 0 Å². The van der Waals surface area contributed by atoms with Crippen LogP contribution in [0.2, 0.25) is 0 Å². The molecule has 1 aromatic heterocycles. The lowest BCUT2D eigenvalue weighted by Crippen LogP contribution is -2.37. The van der Waals surface area contributed by atoms with Crippen LogP contribution in [-0.4, -0.2) is 75.8 Å². The molecule has 1 atom stereocenters. The molecule has 1 fully saturated rings. The van der Waals surface area contributed by atoms with Crippen LogP contribution in [0, 0.1) is 0 Å². The normalized spacial score (nSPS) is 21.3. The molecule has 1 saturated heterocycles. The van der Waals surface area contributed by atoms with Crippen molar-refractivity contribution in [3.05, 3.63) is 23.4 Å². The van der Waals surface area contributed by atoms with E-state index in [0.717, 1.165) is 32.4 Å². The molecule has 0 aromatic carbocycles. The molecule has 0 saturated carbocycles. The predicted octanol–water partition coefficient (Wildman–Crippen LogP) is 0.785. The van der Waals surface area contributed by atoms with Crippen molar-refractivity contribution >= 4 is 11.9 Å². The Morgan fingerprint density at radius 3 is 2.89 bits per heavy atom. The summed E-state index contributed by atoms with van der Waals surface area (Å²) in [4.78, 5) is 24.3. The van der Waals surface area contributed by atoms with E-state index in [1.165, 1.54) is 12.1 Å². The van der Waals surface area contributed by atoms with Gasteiger partial charge in [-0.15, -0.1) is 5.10 Å². The molecule has 2 aliphatic heterocycles. The number of carboxylic acid groups (broad SMARTS) is 2. The number of ether oxygens (including phenoxy) is 2. The summed E-state index contributed by atoms with van der Waals surface area (Å²) in [5.41, 5.74) is 0.960. The average Bonchev–Trinajstić information content (AvgIpc) is 2.89. The molecular formula is C18H25N3O6. The number of rotatable bonds is 7. The van der Waals surface area contributed by atoms with Gasteiger partial charge in [-0.2, -0.15) is 0 Å². The van der Waals surface area contributed by atoms with Crippen molar-refractivity contribution in [3.63, 3.8) is 0 Å². The number of nitrogens with zero attached hydrogens (tertiary/aromatic N) is 3. The van der Waals surface area contributed by atoms with Gasteiger partial charge >= 0.3 is 11.9 Å². The number of carboxylic acids is 2. The topological polar surface area (TPSA) is 114 Å². The quantitative estimate of drug-likeness (QED) is 0.668. The zero-order valence-corrected chi connectivity index (χ0v) is 15.2. The van der Waals surface area contributed by atoms with E-state index in [9.17, 15) is 14.7 Å². The lowest BCUT2D eigenvalue weighted by molar-refractivity contribution is -0.136. The molecule has 9 heteroatoms. The Labute approximate surface area is 157 Å². The van der Waals surface area contributed by atoms with Crippen LogP contribution in [0.15, 0.2) is 17.7 Å². The molecule has 3 heterocycles. The highest BCUT2D eigenvalue weighted by Gasteiger charge is 2.27. The number of aliphatic carboxylic acids is 2. The predicted molar refractivity (Wildman–Crippen MR) is 94.8 cm³/mol. The van der Waals surface area contributed by atoms with E-state index in [0.29, 0.717) is 38.3 Å². The van der Waals surface area contributed by atoms with Gasteiger partial charge in [0.2, 0.25) is 5.88 Å². The number of fused-ring (bicyclic) bond motifs is 1. The first-order valence-electron chi connectivity index (χ1n) is 9.24. The third-order valence-corrected chi connectivity index (χ3v) is 4.79. The Kier molecular flexibility index (Phi) is 6.46. The van der Waals surface area contributed by atoms with E-state index in [2.05, 4.69) is 5.10 Å². The second-order valence-electron chi connectivity index (χ2n) is 6.76. The van der Waals surface area contributed by atoms with E-state index in [1.54, 1.807) is 0 Å². The first-order chi connectivity index (χ1) is 13.0. The fourth-order valence-corrected chi connectivity index (χ4v) is 3.45. The lowest BCUT2D eigenvalue weighted by atomic mass is 10.1. The van der Waals surface area contributed by atoms with Crippen molar-refractivity contribution in [1.29, 1.82) is 0 Å². The molecule has 1 unspecified atom stereocenters. The van der Waals surface area contributed by atoms with Crippen LogP contribution in [-0.2, 0) is 27.3 Å². The molecule has 3 rings (SSSR count). The molecular weight excluding hydrogens is 354 g/mol. The van der Waals surface area contributed by atoms with Crippen molar-refractivity contribution in [3.8, 4) is 5.88 Å². The number of carbonyl (C=O) groups is 2. The molecule has 2 aliphatic rings. The van der Waals surface area contributed by atoms with Gasteiger partial charge in [-0.25, -0.2) is 9.59 Å². The third-order valence-electron chi connectivity index (χ3n) is 4.79. The average molecular weight is 379 g/mol. The second kappa shape index (κ2) is 9.01. The van der Waals surface area contributed by atoms with Gasteiger partial charge in [-0.3, -0.25) is 9.58 Å². The van der Waals surface area contributed by atoms with Crippen molar-refractivity contribution in [2.45, 2.75) is 38.3 Å². The summed E-state index contributed by atoms with van der Waals surface area (Å²) >= 11 is 0. The fourth-order valence-electron chi connectivity index (χ4n) is 3.45. The standard InChI is InChI=1S/C18H25N3O6/c22-17(23)11-14(18(24)25)15-12-20(5-3-8-26-15)7-9-27-16-10-13-4-1-2-6-21(13)19-16/h10-11,15H,1-9,12H2,(H,22,23)(H,24,25)/b14-11-. The second-order valence-corrected chi connectivity index (χ2v) is 6.76. The molecule has 1 aromatic rings. The van der Waals surface area contributed by atoms with Gasteiger partial charge in [-0.1, -0.05) is 0 Å². The summed E-state index contributed by atoms with van der Waals surface area (Å²) in [6.07, 6.45) is 4.02. The number of aryl methyl sites for hydroxylation is 2. The van der Waals surface area contributed by atoms with Crippen molar-refractivity contribution < 1.29 is 29.3 Å². The van der Waals surface area contributed by atoms with Crippen molar-refractivity contribution in [2.75, 3.05) is 32.8 Å². The minimum absolute atomic E-state index is 0.239. The largest absolute Gasteiger partial charge is 0.478 e. The van der Waals surface area contributed by atoms with Gasteiger partial charge in [-0.05, 0) is 25.7 Å². The van der Waals surface area contributed by atoms with Crippen LogP contribution in [0.1, 0.15) is 25.0 Å². The number of aromatic nitrogens is 2. The smallest absolute Gasteiger partial charge is 0.334 e. The molecule has 0 spiro atoms. The van der Waals surface area contributed by atoms with E-state index >= 15 is 0 Å². The van der Waals surface area contributed by atoms with Crippen LogP contribution in [0.5, 0.6) is 5.88 Å². The number of hydrogen-bond acceptors (Lipinski definition) is 6. The minimum atomic E-state index is -1.29. The van der Waals surface area contributed by atoms with Crippen molar-refractivity contribution in [1.82, 2.24) is 14.7 Å². The number of hydrogen-bond donors (Lipinski definition) is 2. The van der Waals surface area contributed by atoms with Crippen LogP contribution in [0.25, 0.3) is 0 Å². The van der Waals surface area contributed by atoms with Gasteiger partial charge < -0.3 is 19.7 Å². The first kappa shape index (κ1) is 19.4. The van der Waals surface area contributed by atoms with Gasteiger partial charge in [0.25, 0.3) is 0 Å². The Hall–Kier alpha value is -2.39. The molecule has 2 N–H and O–H groups in total. The SMILES string of the molecule is O=C(O)/C=C(\C(=O)O)C1CN(CCOc2cc3n(n2)CCCC3)CCCO1. The van der Waals surface area contributed by atoms with Crippen LogP contribution in [0.3, 0.4) is 0 Å². The highest BCUT2D eigenvalue weighted by Crippen LogP contribution is 2.19. The van der Waals surface area contributed by atoms with Crippen LogP contribution < -0.4 is 4.74 Å². The Morgan fingerprint density at radius 1 is 1.30 bits per heavy atom. The lowest BCUT2D eigenvalue weighted by Gasteiger charge is -2.23. The van der Waals surface area contributed by atoms with Crippen LogP contribution >= 0.6 is 0 Å². The molecule has 0 bridgehead atoms. The molecule has 0 radical (unpaired) electrons. The summed E-state index contributed by atoms with van der Waals surface area (Å²) in [6, 6.07) is 1.98. The Balaban J connectivity index is 1.55. The van der Waals surface area contributed by atoms with E-state index < -0.39 is 18.0 Å². The zero-order valence-electron chi connectivity index (χ0n) is 15.2. The van der Waals surface area contributed by atoms with E-state index in [4.69, 9.17) is 14.6 Å². The summed E-state index contributed by atoms with van der Waals surface area (Å²) in [6.45, 7) is 3.38.